The van der Waals surface area contributed by atoms with E-state index in [0.717, 1.165) is 4.47 Å². The first-order chi connectivity index (χ1) is 7.70. The Morgan fingerprint density at radius 3 is 2.88 bits per heavy atom. The van der Waals surface area contributed by atoms with E-state index in [4.69, 9.17) is 5.73 Å². The van der Waals surface area contributed by atoms with Crippen LogP contribution >= 0.6 is 15.9 Å². The highest BCUT2D eigenvalue weighted by molar-refractivity contribution is 9.10. The second-order valence-electron chi connectivity index (χ2n) is 4.56. The van der Waals surface area contributed by atoms with Crippen molar-refractivity contribution in [3.05, 3.63) is 28.2 Å². The third-order valence-corrected chi connectivity index (χ3v) is 3.77. The summed E-state index contributed by atoms with van der Waals surface area (Å²) in [6.45, 7) is 4.08. The molecule has 1 heterocycles. The van der Waals surface area contributed by atoms with E-state index in [1.165, 1.54) is 37.1 Å². The molecule has 0 amide bonds. The van der Waals surface area contributed by atoms with Crippen LogP contribution in [0.25, 0.3) is 0 Å². The lowest BCUT2D eigenvalue weighted by Crippen LogP contribution is -2.37. The van der Waals surface area contributed by atoms with Gasteiger partial charge in [0.25, 0.3) is 0 Å². The van der Waals surface area contributed by atoms with Crippen molar-refractivity contribution in [2.45, 2.75) is 38.8 Å². The molecule has 1 unspecified atom stereocenters. The summed E-state index contributed by atoms with van der Waals surface area (Å²) in [5, 5.41) is 0. The molecule has 1 aliphatic heterocycles. The van der Waals surface area contributed by atoms with Crippen LogP contribution in [0.2, 0.25) is 0 Å². The minimum Gasteiger partial charge on any atom is -0.369 e. The molecule has 0 bridgehead atoms. The molecule has 0 radical (unpaired) electrons. The monoisotopic (exact) mass is 282 g/mol. The maximum atomic E-state index is 5.71. The van der Waals surface area contributed by atoms with Crippen molar-refractivity contribution in [2.24, 2.45) is 5.73 Å². The van der Waals surface area contributed by atoms with E-state index in [1.807, 2.05) is 0 Å². The number of hydrogen-bond donors (Lipinski definition) is 1. The molecule has 1 aromatic rings. The largest absolute Gasteiger partial charge is 0.369 e. The number of hydrogen-bond acceptors (Lipinski definition) is 2. The molecule has 0 aromatic heterocycles. The van der Waals surface area contributed by atoms with Crippen LogP contribution < -0.4 is 10.6 Å². The van der Waals surface area contributed by atoms with Crippen LogP contribution in [0, 0.1) is 0 Å². The minimum absolute atomic E-state index is 0.606. The second-order valence-corrected chi connectivity index (χ2v) is 5.48. The standard InChI is InChI=1S/C13H19BrN2/c1-10-4-2-3-5-16(10)13-7-11(9-15)6-12(14)8-13/h6-8,10H,2-5,9,15H2,1H3. The molecule has 0 spiro atoms. The summed E-state index contributed by atoms with van der Waals surface area (Å²) in [5.41, 5.74) is 8.22. The maximum absolute atomic E-state index is 5.71. The number of halogens is 1. The first kappa shape index (κ1) is 11.9. The molecule has 88 valence electrons. The van der Waals surface area contributed by atoms with E-state index < -0.39 is 0 Å². The van der Waals surface area contributed by atoms with Crippen molar-refractivity contribution in [3.8, 4) is 0 Å². The Bertz CT molecular complexity index is 365. The van der Waals surface area contributed by atoms with Gasteiger partial charge >= 0.3 is 0 Å². The molecule has 2 nitrogen and oxygen atoms in total. The fraction of sp³-hybridized carbons (Fsp3) is 0.538. The van der Waals surface area contributed by atoms with Crippen molar-refractivity contribution in [1.29, 1.82) is 0 Å². The Balaban J connectivity index is 2.27. The lowest BCUT2D eigenvalue weighted by Gasteiger charge is -2.35. The van der Waals surface area contributed by atoms with Gasteiger partial charge in [0.05, 0.1) is 0 Å². The fourth-order valence-corrected chi connectivity index (χ4v) is 2.93. The van der Waals surface area contributed by atoms with Crippen molar-refractivity contribution in [3.63, 3.8) is 0 Å². The SMILES string of the molecule is CC1CCCCN1c1cc(Br)cc(CN)c1. The van der Waals surface area contributed by atoms with Crippen LogP contribution in [-0.2, 0) is 6.54 Å². The summed E-state index contributed by atoms with van der Waals surface area (Å²) < 4.78 is 1.13. The Hall–Kier alpha value is -0.540. The predicted molar refractivity (Wildman–Crippen MR) is 72.7 cm³/mol. The van der Waals surface area contributed by atoms with Crippen LogP contribution in [-0.4, -0.2) is 12.6 Å². The summed E-state index contributed by atoms with van der Waals surface area (Å²) in [5.74, 6) is 0. The highest BCUT2D eigenvalue weighted by atomic mass is 79.9. The summed E-state index contributed by atoms with van der Waals surface area (Å²) in [6.07, 6.45) is 3.95. The van der Waals surface area contributed by atoms with Crippen LogP contribution in [0.5, 0.6) is 0 Å². The van der Waals surface area contributed by atoms with Gasteiger partial charge in [-0.25, -0.2) is 0 Å². The van der Waals surface area contributed by atoms with Gasteiger partial charge in [-0.3, -0.25) is 0 Å². The molecule has 16 heavy (non-hydrogen) atoms. The van der Waals surface area contributed by atoms with Gasteiger partial charge < -0.3 is 10.6 Å². The Kier molecular flexibility index (Phi) is 3.87. The van der Waals surface area contributed by atoms with Gasteiger partial charge in [-0.2, -0.15) is 0 Å². The third-order valence-electron chi connectivity index (χ3n) is 3.31. The van der Waals surface area contributed by atoms with Crippen molar-refractivity contribution < 1.29 is 0 Å². The van der Waals surface area contributed by atoms with E-state index >= 15 is 0 Å². The maximum Gasteiger partial charge on any atom is 0.0383 e. The number of anilines is 1. The van der Waals surface area contributed by atoms with Gasteiger partial charge in [0.15, 0.2) is 0 Å². The van der Waals surface area contributed by atoms with Crippen LogP contribution in [0.4, 0.5) is 5.69 Å². The van der Waals surface area contributed by atoms with Gasteiger partial charge in [0.2, 0.25) is 0 Å². The molecule has 2 rings (SSSR count). The molecule has 1 aliphatic rings. The molecule has 0 saturated carbocycles. The normalized spacial score (nSPS) is 21.2. The van der Waals surface area contributed by atoms with Gasteiger partial charge in [-0.1, -0.05) is 15.9 Å². The molecule has 2 N–H and O–H groups in total. The molecule has 1 fully saturated rings. The van der Waals surface area contributed by atoms with Crippen LogP contribution in [0.15, 0.2) is 22.7 Å². The van der Waals surface area contributed by atoms with E-state index in [1.54, 1.807) is 0 Å². The lowest BCUT2D eigenvalue weighted by molar-refractivity contribution is 0.484. The van der Waals surface area contributed by atoms with Crippen molar-refractivity contribution >= 4 is 21.6 Å². The lowest BCUT2D eigenvalue weighted by atomic mass is 10.0. The zero-order valence-electron chi connectivity index (χ0n) is 9.75. The first-order valence-electron chi connectivity index (χ1n) is 5.97. The van der Waals surface area contributed by atoms with Crippen LogP contribution in [0.3, 0.4) is 0 Å². The number of piperidine rings is 1. The molecule has 3 heteroatoms. The summed E-state index contributed by atoms with van der Waals surface area (Å²) >= 11 is 3.56. The molecule has 1 aromatic carbocycles. The van der Waals surface area contributed by atoms with E-state index in [-0.39, 0.29) is 0 Å². The molecular formula is C13H19BrN2. The van der Waals surface area contributed by atoms with E-state index in [9.17, 15) is 0 Å². The fourth-order valence-electron chi connectivity index (χ4n) is 2.40. The Morgan fingerprint density at radius 1 is 1.38 bits per heavy atom. The second kappa shape index (κ2) is 5.19. The zero-order chi connectivity index (χ0) is 11.5. The molecule has 1 atom stereocenters. The number of nitrogens with zero attached hydrogens (tertiary/aromatic N) is 1. The first-order valence-corrected chi connectivity index (χ1v) is 6.76. The van der Waals surface area contributed by atoms with Gasteiger partial charge in [-0.05, 0) is 49.9 Å². The molecule has 0 aliphatic carbocycles. The van der Waals surface area contributed by atoms with E-state index in [2.05, 4.69) is 46.0 Å². The van der Waals surface area contributed by atoms with E-state index in [0.29, 0.717) is 12.6 Å². The van der Waals surface area contributed by atoms with Crippen LogP contribution in [0.1, 0.15) is 31.7 Å². The predicted octanol–water partition coefficient (Wildman–Crippen LogP) is 3.29. The summed E-state index contributed by atoms with van der Waals surface area (Å²) in [6, 6.07) is 7.15. The number of nitrogens with two attached hydrogens (primary N) is 1. The quantitative estimate of drug-likeness (QED) is 0.902. The molecular weight excluding hydrogens is 264 g/mol. The Morgan fingerprint density at radius 2 is 2.19 bits per heavy atom. The number of rotatable bonds is 2. The van der Waals surface area contributed by atoms with Crippen molar-refractivity contribution in [2.75, 3.05) is 11.4 Å². The smallest absolute Gasteiger partial charge is 0.0383 e. The molecule has 1 saturated heterocycles. The zero-order valence-corrected chi connectivity index (χ0v) is 11.3. The summed E-state index contributed by atoms with van der Waals surface area (Å²) in [7, 11) is 0. The van der Waals surface area contributed by atoms with Gasteiger partial charge in [-0.15, -0.1) is 0 Å². The average Bonchev–Trinajstić information content (AvgIpc) is 2.28. The number of benzene rings is 1. The average molecular weight is 283 g/mol. The highest BCUT2D eigenvalue weighted by Gasteiger charge is 2.18. The summed E-state index contributed by atoms with van der Waals surface area (Å²) in [4.78, 5) is 2.49. The Labute approximate surface area is 106 Å². The minimum atomic E-state index is 0.606. The van der Waals surface area contributed by atoms with Gasteiger partial charge in [0, 0.05) is 29.3 Å². The highest BCUT2D eigenvalue weighted by Crippen LogP contribution is 2.28. The van der Waals surface area contributed by atoms with Crippen molar-refractivity contribution in [1.82, 2.24) is 0 Å². The topological polar surface area (TPSA) is 29.3 Å². The van der Waals surface area contributed by atoms with Gasteiger partial charge in [0.1, 0.15) is 0 Å². The third kappa shape index (κ3) is 2.58.